The Morgan fingerprint density at radius 2 is 1.31 bits per heavy atom. The summed E-state index contributed by atoms with van der Waals surface area (Å²) >= 11 is 0. The van der Waals surface area contributed by atoms with Gasteiger partial charge in [-0.3, -0.25) is 19.2 Å². The van der Waals surface area contributed by atoms with Gasteiger partial charge in [0, 0.05) is 42.5 Å². The molecular weight excluding hydrogens is 713 g/mol. The fourth-order valence-electron chi connectivity index (χ4n) is 6.12. The van der Waals surface area contributed by atoms with E-state index in [1.807, 2.05) is 6.92 Å². The topological polar surface area (TPSA) is 133 Å². The number of carbonyl (C=O) groups is 2. The number of benzene rings is 3. The fraction of sp³-hybridized carbons (Fsp3) is 0.143. The van der Waals surface area contributed by atoms with Gasteiger partial charge in [-0.15, -0.1) is 0 Å². The van der Waals surface area contributed by atoms with Crippen molar-refractivity contribution in [1.29, 1.82) is 0 Å². The predicted molar refractivity (Wildman–Crippen MR) is 201 cm³/mol. The first-order valence-electron chi connectivity index (χ1n) is 16.8. The molecule has 0 unspecified atom stereocenters. The first-order chi connectivity index (χ1) is 26.3. The highest BCUT2D eigenvalue weighted by Gasteiger charge is 2.30. The number of rotatable bonds is 8. The van der Waals surface area contributed by atoms with Crippen LogP contribution >= 0.6 is 0 Å². The zero-order valence-electron chi connectivity index (χ0n) is 30.0. The molecule has 7 rings (SSSR count). The van der Waals surface area contributed by atoms with E-state index in [9.17, 15) is 32.3 Å². The average molecular weight is 747 g/mol. The number of aromatic amines is 1. The molecule has 4 aromatic heterocycles. The summed E-state index contributed by atoms with van der Waals surface area (Å²) < 4.78 is 51.4. The third-order valence-corrected chi connectivity index (χ3v) is 8.89. The molecular formula is C42H33F3N4O6. The molecule has 0 aliphatic rings. The maximum absolute atomic E-state index is 13.2. The van der Waals surface area contributed by atoms with Gasteiger partial charge in [-0.1, -0.05) is 12.1 Å². The van der Waals surface area contributed by atoms with Gasteiger partial charge in [-0.05, 0) is 103 Å². The van der Waals surface area contributed by atoms with Crippen LogP contribution in [0.2, 0.25) is 0 Å². The van der Waals surface area contributed by atoms with Crippen molar-refractivity contribution in [3.8, 4) is 11.5 Å². The van der Waals surface area contributed by atoms with Crippen LogP contribution < -0.4 is 20.3 Å². The fourth-order valence-corrected chi connectivity index (χ4v) is 6.12. The van der Waals surface area contributed by atoms with Gasteiger partial charge in [-0.25, -0.2) is 9.97 Å². The number of aryl methyl sites for hydroxylation is 2. The molecule has 0 radical (unpaired) electrons. The SMILES string of the molecule is COc1ccc(C(=O)c2c[nH]c3ncccc3c2=O)cc1C.COc1ccc(C(=O)c2cn(Cc3cccc(C(F)(F)F)c3)c3ncccc3c2=O)cc1C. The number of ketones is 2. The minimum absolute atomic E-state index is 0.000363. The number of hydrogen-bond donors (Lipinski definition) is 1. The number of H-pyrrole nitrogens is 1. The van der Waals surface area contributed by atoms with Crippen LogP contribution in [0.5, 0.6) is 11.5 Å². The van der Waals surface area contributed by atoms with Crippen molar-refractivity contribution in [2.75, 3.05) is 14.2 Å². The lowest BCUT2D eigenvalue weighted by Gasteiger charge is -2.14. The highest BCUT2D eigenvalue weighted by atomic mass is 19.4. The Labute approximate surface area is 311 Å². The quantitative estimate of drug-likeness (QED) is 0.158. The lowest BCUT2D eigenvalue weighted by molar-refractivity contribution is -0.137. The Kier molecular flexibility index (Phi) is 10.7. The molecule has 13 heteroatoms. The van der Waals surface area contributed by atoms with Crippen LogP contribution in [0.3, 0.4) is 0 Å². The van der Waals surface area contributed by atoms with E-state index in [4.69, 9.17) is 9.47 Å². The maximum atomic E-state index is 13.2. The van der Waals surface area contributed by atoms with Gasteiger partial charge in [0.1, 0.15) is 22.8 Å². The molecule has 55 heavy (non-hydrogen) atoms. The number of nitrogens with zero attached hydrogens (tertiary/aromatic N) is 3. The lowest BCUT2D eigenvalue weighted by atomic mass is 10.0. The lowest BCUT2D eigenvalue weighted by Crippen LogP contribution is -2.21. The molecule has 0 bridgehead atoms. The van der Waals surface area contributed by atoms with E-state index in [0.29, 0.717) is 39.2 Å². The van der Waals surface area contributed by atoms with Crippen molar-refractivity contribution in [1.82, 2.24) is 19.5 Å². The first-order valence-corrected chi connectivity index (χ1v) is 16.8. The molecule has 278 valence electrons. The van der Waals surface area contributed by atoms with Crippen LogP contribution in [0.25, 0.3) is 22.1 Å². The Balaban J connectivity index is 0.000000203. The third kappa shape index (κ3) is 7.91. The van der Waals surface area contributed by atoms with E-state index in [1.165, 1.54) is 36.3 Å². The summed E-state index contributed by atoms with van der Waals surface area (Å²) in [5, 5.41) is 0.610. The number of nitrogens with one attached hydrogen (secondary N) is 1. The molecule has 1 N–H and O–H groups in total. The Morgan fingerprint density at radius 1 is 0.727 bits per heavy atom. The molecule has 0 fully saturated rings. The third-order valence-electron chi connectivity index (χ3n) is 8.89. The molecule has 7 aromatic rings. The number of hydrogen-bond acceptors (Lipinski definition) is 8. The van der Waals surface area contributed by atoms with Gasteiger partial charge in [-0.2, -0.15) is 13.2 Å². The molecule has 0 aliphatic heterocycles. The van der Waals surface area contributed by atoms with E-state index in [-0.39, 0.29) is 39.9 Å². The zero-order chi connectivity index (χ0) is 39.4. The van der Waals surface area contributed by atoms with Crippen LogP contribution in [0.1, 0.15) is 54.1 Å². The van der Waals surface area contributed by atoms with Crippen LogP contribution in [0.4, 0.5) is 13.2 Å². The minimum Gasteiger partial charge on any atom is -0.496 e. The first kappa shape index (κ1) is 37.9. The second kappa shape index (κ2) is 15.6. The Hall–Kier alpha value is -6.89. The summed E-state index contributed by atoms with van der Waals surface area (Å²) in [7, 11) is 3.09. The molecule has 0 spiro atoms. The van der Waals surface area contributed by atoms with E-state index in [1.54, 1.807) is 87.0 Å². The van der Waals surface area contributed by atoms with E-state index >= 15 is 0 Å². The molecule has 0 amide bonds. The van der Waals surface area contributed by atoms with Gasteiger partial charge < -0.3 is 19.0 Å². The van der Waals surface area contributed by atoms with Crippen molar-refractivity contribution in [3.63, 3.8) is 0 Å². The summed E-state index contributed by atoms with van der Waals surface area (Å²) in [4.78, 5) is 62.5. The second-order valence-electron chi connectivity index (χ2n) is 12.5. The zero-order valence-corrected chi connectivity index (χ0v) is 30.0. The molecule has 0 saturated heterocycles. The smallest absolute Gasteiger partial charge is 0.416 e. The maximum Gasteiger partial charge on any atom is 0.416 e. The molecule has 4 heterocycles. The van der Waals surface area contributed by atoms with E-state index in [0.717, 1.165) is 23.3 Å². The van der Waals surface area contributed by atoms with Crippen molar-refractivity contribution in [2.45, 2.75) is 26.6 Å². The number of alkyl halides is 3. The van der Waals surface area contributed by atoms with Crippen molar-refractivity contribution in [3.05, 3.63) is 175 Å². The number of carbonyl (C=O) groups excluding carboxylic acids is 2. The van der Waals surface area contributed by atoms with Gasteiger partial charge >= 0.3 is 6.18 Å². The van der Waals surface area contributed by atoms with E-state index in [2.05, 4.69) is 15.0 Å². The average Bonchev–Trinajstić information content (AvgIpc) is 3.18. The normalized spacial score (nSPS) is 11.2. The van der Waals surface area contributed by atoms with Crippen molar-refractivity contribution < 1.29 is 32.2 Å². The number of halogens is 3. The van der Waals surface area contributed by atoms with Crippen LogP contribution in [-0.2, 0) is 12.7 Å². The summed E-state index contributed by atoms with van der Waals surface area (Å²) in [6.07, 6.45) is 1.37. The van der Waals surface area contributed by atoms with Crippen molar-refractivity contribution >= 4 is 33.6 Å². The van der Waals surface area contributed by atoms with E-state index < -0.39 is 23.0 Å². The van der Waals surface area contributed by atoms with Gasteiger partial charge in [0.05, 0.1) is 41.7 Å². The summed E-state index contributed by atoms with van der Waals surface area (Å²) in [5.41, 5.74) is 1.86. The number of pyridine rings is 4. The summed E-state index contributed by atoms with van der Waals surface area (Å²) in [6, 6.07) is 21.3. The van der Waals surface area contributed by atoms with Gasteiger partial charge in [0.2, 0.25) is 10.9 Å². The number of ether oxygens (including phenoxy) is 2. The van der Waals surface area contributed by atoms with Gasteiger partial charge in [0.25, 0.3) is 0 Å². The molecule has 0 atom stereocenters. The standard InChI is InChI=1S/C25H19F3N2O3.C17H14N2O3/c1-15-11-17(8-9-21(15)33-2)22(31)20-14-30(24-19(23(20)32)7-4-10-29-24)13-16-5-3-6-18(12-16)25(26,27)28;1-10-8-11(5-6-14(10)22-2)15(20)13-9-19-17-12(16(13)21)4-3-7-18-17/h3-12,14H,13H2,1-2H3;3-9H,1-2H3,(H,18,19,21). The molecule has 3 aromatic carbocycles. The second-order valence-corrected chi connectivity index (χ2v) is 12.5. The Bertz CT molecular complexity index is 2720. The number of methoxy groups -OCH3 is 2. The number of fused-ring (bicyclic) bond motifs is 2. The summed E-state index contributed by atoms with van der Waals surface area (Å²) in [6.45, 7) is 3.63. The molecule has 10 nitrogen and oxygen atoms in total. The highest BCUT2D eigenvalue weighted by Crippen LogP contribution is 2.30. The van der Waals surface area contributed by atoms with Crippen LogP contribution in [0, 0.1) is 13.8 Å². The van der Waals surface area contributed by atoms with Crippen molar-refractivity contribution in [2.24, 2.45) is 0 Å². The highest BCUT2D eigenvalue weighted by molar-refractivity contribution is 6.11. The van der Waals surface area contributed by atoms with Crippen LogP contribution in [0.15, 0.2) is 119 Å². The molecule has 0 saturated carbocycles. The summed E-state index contributed by atoms with van der Waals surface area (Å²) in [5.74, 6) is 0.497. The van der Waals surface area contributed by atoms with Gasteiger partial charge in [0.15, 0.2) is 11.6 Å². The Morgan fingerprint density at radius 3 is 1.91 bits per heavy atom. The number of aromatic nitrogens is 4. The molecule has 0 aliphatic carbocycles. The van der Waals surface area contributed by atoms with Crippen LogP contribution in [-0.4, -0.2) is 45.3 Å². The minimum atomic E-state index is -4.48. The largest absolute Gasteiger partial charge is 0.496 e. The monoisotopic (exact) mass is 746 g/mol. The predicted octanol–water partition coefficient (Wildman–Crippen LogP) is 7.48.